The molecular weight excluding hydrogens is 436 g/mol. The highest BCUT2D eigenvalue weighted by Gasteiger charge is 2.31. The third-order valence-corrected chi connectivity index (χ3v) is 9.30. The second kappa shape index (κ2) is 9.50. The average molecular weight is 465 g/mol. The fourth-order valence-electron chi connectivity index (χ4n) is 3.71. The summed E-state index contributed by atoms with van der Waals surface area (Å²) < 4.78 is 52.4. The van der Waals surface area contributed by atoms with Gasteiger partial charge < -0.3 is 5.32 Å². The van der Waals surface area contributed by atoms with E-state index in [0.29, 0.717) is 12.1 Å². The highest BCUT2D eigenvalue weighted by Crippen LogP contribution is 2.26. The third-order valence-electron chi connectivity index (χ3n) is 5.56. The van der Waals surface area contributed by atoms with Crippen LogP contribution in [0.3, 0.4) is 0 Å². The zero-order chi connectivity index (χ0) is 22.6. The van der Waals surface area contributed by atoms with Crippen LogP contribution in [0.1, 0.15) is 42.1 Å². The van der Waals surface area contributed by atoms with E-state index in [-0.39, 0.29) is 33.7 Å². The maximum Gasteiger partial charge on any atom is 0.251 e. The van der Waals surface area contributed by atoms with E-state index in [0.717, 1.165) is 19.3 Å². The van der Waals surface area contributed by atoms with Crippen molar-refractivity contribution in [1.29, 1.82) is 0 Å². The number of sulfone groups is 1. The number of rotatable bonds is 7. The molecule has 1 N–H and O–H groups in total. The number of carbonyl (C=O) groups excluding carboxylic acids is 1. The van der Waals surface area contributed by atoms with Gasteiger partial charge in [0.1, 0.15) is 0 Å². The highest BCUT2D eigenvalue weighted by atomic mass is 32.2. The van der Waals surface area contributed by atoms with Crippen molar-refractivity contribution in [3.63, 3.8) is 0 Å². The van der Waals surface area contributed by atoms with Crippen LogP contribution >= 0.6 is 0 Å². The lowest BCUT2D eigenvalue weighted by atomic mass is 10.1. The van der Waals surface area contributed by atoms with Gasteiger partial charge in [-0.05, 0) is 56.5 Å². The monoisotopic (exact) mass is 464 g/mol. The fraction of sp³-hybridized carbons (Fsp3) is 0.409. The summed E-state index contributed by atoms with van der Waals surface area (Å²) in [5, 5.41) is 2.61. The molecule has 0 aliphatic carbocycles. The zero-order valence-corrected chi connectivity index (χ0v) is 19.4. The van der Waals surface area contributed by atoms with Crippen molar-refractivity contribution >= 4 is 25.8 Å². The molecule has 0 bridgehead atoms. The van der Waals surface area contributed by atoms with Crippen LogP contribution in [0.15, 0.2) is 58.3 Å². The van der Waals surface area contributed by atoms with E-state index in [1.54, 1.807) is 31.2 Å². The first-order chi connectivity index (χ1) is 14.6. The van der Waals surface area contributed by atoms with E-state index in [9.17, 15) is 21.6 Å². The van der Waals surface area contributed by atoms with Crippen LogP contribution < -0.4 is 5.32 Å². The molecular formula is C22H28N2O5S2. The molecule has 168 valence electrons. The first kappa shape index (κ1) is 23.4. The number of hydrogen-bond acceptors (Lipinski definition) is 5. The fourth-order valence-corrected chi connectivity index (χ4v) is 6.61. The molecule has 0 saturated carbocycles. The van der Waals surface area contributed by atoms with Gasteiger partial charge in [-0.1, -0.05) is 30.7 Å². The molecule has 9 heteroatoms. The van der Waals surface area contributed by atoms with Crippen molar-refractivity contribution in [3.8, 4) is 0 Å². The molecule has 1 atom stereocenters. The normalized spacial score (nSPS) is 17.9. The lowest BCUT2D eigenvalue weighted by molar-refractivity contribution is 0.0955. The van der Waals surface area contributed by atoms with Crippen LogP contribution in [0, 0.1) is 6.92 Å². The van der Waals surface area contributed by atoms with Gasteiger partial charge in [0.25, 0.3) is 5.91 Å². The van der Waals surface area contributed by atoms with Crippen LogP contribution in [0.2, 0.25) is 0 Å². The van der Waals surface area contributed by atoms with Gasteiger partial charge in [-0.2, -0.15) is 4.31 Å². The Balaban J connectivity index is 1.73. The molecule has 1 aliphatic heterocycles. The summed E-state index contributed by atoms with van der Waals surface area (Å²) in [5.74, 6) is -0.741. The van der Waals surface area contributed by atoms with Crippen molar-refractivity contribution in [1.82, 2.24) is 9.62 Å². The number of nitrogens with zero attached hydrogens (tertiary/aromatic N) is 1. The van der Waals surface area contributed by atoms with Crippen molar-refractivity contribution in [3.05, 3.63) is 59.7 Å². The number of nitrogens with one attached hydrogen (secondary N) is 1. The van der Waals surface area contributed by atoms with Gasteiger partial charge in [-0.15, -0.1) is 0 Å². The Labute approximate surface area is 184 Å². The molecule has 31 heavy (non-hydrogen) atoms. The molecule has 2 aromatic carbocycles. The Morgan fingerprint density at radius 1 is 1.03 bits per heavy atom. The summed E-state index contributed by atoms with van der Waals surface area (Å²) in [4.78, 5) is 13.0. The van der Waals surface area contributed by atoms with Crippen molar-refractivity contribution < 1.29 is 21.6 Å². The summed E-state index contributed by atoms with van der Waals surface area (Å²) in [6, 6.07) is 12.5. The number of hydrogen-bond donors (Lipinski definition) is 1. The standard InChI is InChI=1S/C22H28N2O5S2/c1-17-11-12-20(31(28,29)24-14-7-6-8-18(24)2)16-21(17)22(25)23-13-15-30(26,27)19-9-4-3-5-10-19/h3-5,9-12,16,18H,6-8,13-15H2,1-2H3,(H,23,25). The first-order valence-corrected chi connectivity index (χ1v) is 13.4. The van der Waals surface area contributed by atoms with E-state index in [1.165, 1.54) is 28.6 Å². The quantitative estimate of drug-likeness (QED) is 0.679. The molecule has 2 aromatic rings. The second-order valence-corrected chi connectivity index (χ2v) is 11.8. The third kappa shape index (κ3) is 5.34. The minimum atomic E-state index is -3.71. The van der Waals surface area contributed by atoms with E-state index < -0.39 is 25.8 Å². The number of piperidine rings is 1. The second-order valence-electron chi connectivity index (χ2n) is 7.83. The largest absolute Gasteiger partial charge is 0.351 e. The van der Waals surface area contributed by atoms with Crippen molar-refractivity contribution in [2.24, 2.45) is 0 Å². The highest BCUT2D eigenvalue weighted by molar-refractivity contribution is 7.91. The van der Waals surface area contributed by atoms with Gasteiger partial charge in [0, 0.05) is 24.7 Å². The Morgan fingerprint density at radius 3 is 2.42 bits per heavy atom. The maximum absolute atomic E-state index is 13.1. The summed E-state index contributed by atoms with van der Waals surface area (Å²) in [5.41, 5.74) is 0.844. The van der Waals surface area contributed by atoms with E-state index >= 15 is 0 Å². The minimum Gasteiger partial charge on any atom is -0.351 e. The van der Waals surface area contributed by atoms with Crippen LogP contribution in [-0.2, 0) is 19.9 Å². The zero-order valence-electron chi connectivity index (χ0n) is 17.7. The van der Waals surface area contributed by atoms with Gasteiger partial charge in [0.2, 0.25) is 10.0 Å². The van der Waals surface area contributed by atoms with E-state index in [1.807, 2.05) is 6.92 Å². The van der Waals surface area contributed by atoms with Crippen LogP contribution in [0.4, 0.5) is 0 Å². The molecule has 1 unspecified atom stereocenters. The Morgan fingerprint density at radius 2 is 1.74 bits per heavy atom. The summed E-state index contributed by atoms with van der Waals surface area (Å²) in [6.07, 6.45) is 2.63. The smallest absolute Gasteiger partial charge is 0.251 e. The van der Waals surface area contributed by atoms with E-state index in [2.05, 4.69) is 5.32 Å². The number of carbonyl (C=O) groups is 1. The van der Waals surface area contributed by atoms with Crippen LogP contribution in [0.25, 0.3) is 0 Å². The lowest BCUT2D eigenvalue weighted by Gasteiger charge is -2.32. The predicted octanol–water partition coefficient (Wildman–Crippen LogP) is 2.76. The van der Waals surface area contributed by atoms with Gasteiger partial charge in [-0.3, -0.25) is 4.79 Å². The SMILES string of the molecule is Cc1ccc(S(=O)(=O)N2CCCCC2C)cc1C(=O)NCCS(=O)(=O)c1ccccc1. The number of amides is 1. The molecule has 0 spiro atoms. The van der Waals surface area contributed by atoms with Gasteiger partial charge in [0.05, 0.1) is 15.5 Å². The van der Waals surface area contributed by atoms with Gasteiger partial charge in [0.15, 0.2) is 9.84 Å². The minimum absolute atomic E-state index is 0.0738. The molecule has 1 amide bonds. The van der Waals surface area contributed by atoms with Gasteiger partial charge >= 0.3 is 0 Å². The molecule has 1 fully saturated rings. The Bertz CT molecular complexity index is 1150. The van der Waals surface area contributed by atoms with Crippen molar-refractivity contribution in [2.75, 3.05) is 18.8 Å². The first-order valence-electron chi connectivity index (χ1n) is 10.3. The summed E-state index contributed by atoms with van der Waals surface area (Å²) in [7, 11) is -7.22. The van der Waals surface area contributed by atoms with Crippen LogP contribution in [-0.4, -0.2) is 51.9 Å². The predicted molar refractivity (Wildman–Crippen MR) is 119 cm³/mol. The molecule has 1 heterocycles. The van der Waals surface area contributed by atoms with Crippen LogP contribution in [0.5, 0.6) is 0 Å². The topological polar surface area (TPSA) is 101 Å². The molecule has 1 saturated heterocycles. The summed E-state index contributed by atoms with van der Waals surface area (Å²) >= 11 is 0. The van der Waals surface area contributed by atoms with Crippen molar-refractivity contribution in [2.45, 2.75) is 48.9 Å². The molecule has 0 aromatic heterocycles. The maximum atomic E-state index is 13.1. The molecule has 0 radical (unpaired) electrons. The molecule has 1 aliphatic rings. The van der Waals surface area contributed by atoms with E-state index in [4.69, 9.17) is 0 Å². The lowest BCUT2D eigenvalue weighted by Crippen LogP contribution is -2.42. The summed E-state index contributed by atoms with van der Waals surface area (Å²) in [6.45, 7) is 4.01. The Hall–Kier alpha value is -2.23. The average Bonchev–Trinajstić information content (AvgIpc) is 2.74. The number of sulfonamides is 1. The molecule has 7 nitrogen and oxygen atoms in total. The van der Waals surface area contributed by atoms with Gasteiger partial charge in [-0.25, -0.2) is 16.8 Å². The number of benzene rings is 2. The molecule has 3 rings (SSSR count). The Kier molecular flexibility index (Phi) is 7.18. The number of aryl methyl sites for hydroxylation is 1.